The zero-order chi connectivity index (χ0) is 14.8. The highest BCUT2D eigenvalue weighted by Gasteiger charge is 2.08. The predicted octanol–water partition coefficient (Wildman–Crippen LogP) is 4.18. The van der Waals surface area contributed by atoms with Gasteiger partial charge in [-0.3, -0.25) is 4.57 Å². The molecule has 1 N–H and O–H groups in total. The lowest BCUT2D eigenvalue weighted by molar-refractivity contribution is 0.589. The summed E-state index contributed by atoms with van der Waals surface area (Å²) >= 11 is 6.46. The Labute approximate surface area is 129 Å². The second kappa shape index (κ2) is 5.88. The molecule has 0 saturated carbocycles. The predicted molar refractivity (Wildman–Crippen MR) is 88.1 cm³/mol. The molecule has 3 aromatic rings. The van der Waals surface area contributed by atoms with E-state index in [0.29, 0.717) is 6.04 Å². The first-order chi connectivity index (χ1) is 10.1. The Balaban J connectivity index is 1.96. The Morgan fingerprint density at radius 2 is 2.00 bits per heavy atom. The van der Waals surface area contributed by atoms with E-state index < -0.39 is 0 Å². The SMILES string of the molecule is CC(C)NCc1ccc(-n2cnc3ccccc32)c(Cl)c1. The van der Waals surface area contributed by atoms with Crippen LogP contribution < -0.4 is 5.32 Å². The zero-order valence-electron chi connectivity index (χ0n) is 12.2. The monoisotopic (exact) mass is 299 g/mol. The van der Waals surface area contributed by atoms with Crippen LogP contribution in [0.4, 0.5) is 0 Å². The average Bonchev–Trinajstić information content (AvgIpc) is 2.89. The molecule has 0 saturated heterocycles. The Kier molecular flexibility index (Phi) is 3.95. The molecule has 1 aromatic heterocycles. The molecular formula is C17H18ClN3. The highest BCUT2D eigenvalue weighted by molar-refractivity contribution is 6.32. The Bertz CT molecular complexity index is 762. The summed E-state index contributed by atoms with van der Waals surface area (Å²) in [6, 6.07) is 14.7. The van der Waals surface area contributed by atoms with Gasteiger partial charge in [0.25, 0.3) is 0 Å². The molecule has 0 spiro atoms. The van der Waals surface area contributed by atoms with Gasteiger partial charge in [-0.2, -0.15) is 0 Å². The molecule has 108 valence electrons. The molecule has 3 nitrogen and oxygen atoms in total. The minimum Gasteiger partial charge on any atom is -0.310 e. The van der Waals surface area contributed by atoms with Crippen LogP contribution in [0.1, 0.15) is 19.4 Å². The van der Waals surface area contributed by atoms with E-state index in [1.165, 1.54) is 5.56 Å². The Morgan fingerprint density at radius 1 is 1.19 bits per heavy atom. The summed E-state index contributed by atoms with van der Waals surface area (Å²) in [6.45, 7) is 5.09. The van der Waals surface area contributed by atoms with Gasteiger partial charge in [0.1, 0.15) is 6.33 Å². The summed E-state index contributed by atoms with van der Waals surface area (Å²) in [5.74, 6) is 0. The van der Waals surface area contributed by atoms with Gasteiger partial charge in [-0.15, -0.1) is 0 Å². The number of imidazole rings is 1. The number of fused-ring (bicyclic) bond motifs is 1. The minimum absolute atomic E-state index is 0.459. The molecule has 0 bridgehead atoms. The van der Waals surface area contributed by atoms with Crippen LogP contribution in [0.5, 0.6) is 0 Å². The lowest BCUT2D eigenvalue weighted by atomic mass is 10.2. The number of para-hydroxylation sites is 2. The standard InChI is InChI=1S/C17H18ClN3/c1-12(2)19-10-13-7-8-16(14(18)9-13)21-11-20-15-5-3-4-6-17(15)21/h3-9,11-12,19H,10H2,1-2H3. The maximum Gasteiger partial charge on any atom is 0.100 e. The van der Waals surface area contributed by atoms with E-state index in [9.17, 15) is 0 Å². The van der Waals surface area contributed by atoms with E-state index in [-0.39, 0.29) is 0 Å². The normalized spacial score (nSPS) is 11.4. The van der Waals surface area contributed by atoms with E-state index >= 15 is 0 Å². The number of hydrogen-bond acceptors (Lipinski definition) is 2. The first-order valence-electron chi connectivity index (χ1n) is 7.09. The van der Waals surface area contributed by atoms with Gasteiger partial charge in [-0.1, -0.05) is 43.6 Å². The van der Waals surface area contributed by atoms with Crippen LogP contribution in [0.15, 0.2) is 48.8 Å². The first-order valence-corrected chi connectivity index (χ1v) is 7.47. The molecule has 21 heavy (non-hydrogen) atoms. The molecule has 4 heteroatoms. The van der Waals surface area contributed by atoms with Gasteiger partial charge in [0, 0.05) is 12.6 Å². The molecule has 0 atom stereocenters. The van der Waals surface area contributed by atoms with E-state index in [2.05, 4.69) is 30.2 Å². The molecule has 3 rings (SSSR count). The van der Waals surface area contributed by atoms with Crippen LogP contribution >= 0.6 is 11.6 Å². The maximum absolute atomic E-state index is 6.46. The van der Waals surface area contributed by atoms with Crippen molar-refractivity contribution in [3.63, 3.8) is 0 Å². The number of benzene rings is 2. The van der Waals surface area contributed by atoms with Gasteiger partial charge < -0.3 is 5.32 Å². The number of nitrogens with zero attached hydrogens (tertiary/aromatic N) is 2. The maximum atomic E-state index is 6.46. The van der Waals surface area contributed by atoms with Crippen molar-refractivity contribution >= 4 is 22.6 Å². The molecule has 0 amide bonds. The fraction of sp³-hybridized carbons (Fsp3) is 0.235. The van der Waals surface area contributed by atoms with Crippen LogP contribution in [0, 0.1) is 0 Å². The van der Waals surface area contributed by atoms with Crippen molar-refractivity contribution in [3.8, 4) is 5.69 Å². The minimum atomic E-state index is 0.459. The van der Waals surface area contributed by atoms with Crippen molar-refractivity contribution in [1.29, 1.82) is 0 Å². The van der Waals surface area contributed by atoms with Crippen molar-refractivity contribution in [2.45, 2.75) is 26.4 Å². The second-order valence-electron chi connectivity index (χ2n) is 5.42. The van der Waals surface area contributed by atoms with Crippen LogP contribution in [0.2, 0.25) is 5.02 Å². The van der Waals surface area contributed by atoms with E-state index in [4.69, 9.17) is 11.6 Å². The number of rotatable bonds is 4. The van der Waals surface area contributed by atoms with Gasteiger partial charge in [0.05, 0.1) is 21.7 Å². The molecule has 0 radical (unpaired) electrons. The molecule has 0 aliphatic rings. The summed E-state index contributed by atoms with van der Waals surface area (Å²) in [4.78, 5) is 4.41. The Morgan fingerprint density at radius 3 is 2.76 bits per heavy atom. The number of halogens is 1. The van der Waals surface area contributed by atoms with Crippen molar-refractivity contribution in [3.05, 3.63) is 59.4 Å². The molecule has 0 aliphatic heterocycles. The quantitative estimate of drug-likeness (QED) is 0.783. The van der Waals surface area contributed by atoms with Crippen molar-refractivity contribution in [1.82, 2.24) is 14.9 Å². The van der Waals surface area contributed by atoms with Gasteiger partial charge in [-0.05, 0) is 29.8 Å². The third-order valence-corrected chi connectivity index (χ3v) is 3.74. The van der Waals surface area contributed by atoms with E-state index in [1.807, 2.05) is 47.3 Å². The summed E-state index contributed by atoms with van der Waals surface area (Å²) in [7, 11) is 0. The third-order valence-electron chi connectivity index (χ3n) is 3.44. The smallest absolute Gasteiger partial charge is 0.100 e. The Hall–Kier alpha value is -1.84. The molecule has 1 heterocycles. The number of nitrogens with one attached hydrogen (secondary N) is 1. The van der Waals surface area contributed by atoms with Crippen LogP contribution in [-0.2, 0) is 6.54 Å². The molecular weight excluding hydrogens is 282 g/mol. The summed E-state index contributed by atoms with van der Waals surface area (Å²) in [5.41, 5.74) is 4.17. The first kappa shape index (κ1) is 14.1. The molecule has 0 unspecified atom stereocenters. The summed E-state index contributed by atoms with van der Waals surface area (Å²) < 4.78 is 2.03. The topological polar surface area (TPSA) is 29.9 Å². The lowest BCUT2D eigenvalue weighted by Gasteiger charge is -2.11. The van der Waals surface area contributed by atoms with Gasteiger partial charge in [-0.25, -0.2) is 4.98 Å². The fourth-order valence-corrected chi connectivity index (χ4v) is 2.62. The molecule has 2 aromatic carbocycles. The molecule has 0 aliphatic carbocycles. The van der Waals surface area contributed by atoms with Crippen LogP contribution in [0.3, 0.4) is 0 Å². The lowest BCUT2D eigenvalue weighted by Crippen LogP contribution is -2.21. The highest BCUT2D eigenvalue weighted by Crippen LogP contribution is 2.25. The van der Waals surface area contributed by atoms with E-state index in [0.717, 1.165) is 28.3 Å². The summed E-state index contributed by atoms with van der Waals surface area (Å²) in [5, 5.41) is 4.13. The highest BCUT2D eigenvalue weighted by atomic mass is 35.5. The van der Waals surface area contributed by atoms with Crippen LogP contribution in [0.25, 0.3) is 16.7 Å². The van der Waals surface area contributed by atoms with Crippen LogP contribution in [-0.4, -0.2) is 15.6 Å². The average molecular weight is 300 g/mol. The second-order valence-corrected chi connectivity index (χ2v) is 5.83. The van der Waals surface area contributed by atoms with E-state index in [1.54, 1.807) is 0 Å². The fourth-order valence-electron chi connectivity index (χ4n) is 2.33. The summed E-state index contributed by atoms with van der Waals surface area (Å²) in [6.07, 6.45) is 1.82. The zero-order valence-corrected chi connectivity index (χ0v) is 12.9. The molecule has 0 fully saturated rings. The largest absolute Gasteiger partial charge is 0.310 e. The number of hydrogen-bond donors (Lipinski definition) is 1. The van der Waals surface area contributed by atoms with Crippen molar-refractivity contribution in [2.24, 2.45) is 0 Å². The van der Waals surface area contributed by atoms with Gasteiger partial charge >= 0.3 is 0 Å². The van der Waals surface area contributed by atoms with Crippen molar-refractivity contribution in [2.75, 3.05) is 0 Å². The number of aromatic nitrogens is 2. The van der Waals surface area contributed by atoms with Crippen molar-refractivity contribution < 1.29 is 0 Å². The van der Waals surface area contributed by atoms with Gasteiger partial charge in [0.2, 0.25) is 0 Å². The van der Waals surface area contributed by atoms with Gasteiger partial charge in [0.15, 0.2) is 0 Å². The third kappa shape index (κ3) is 2.94.